The van der Waals surface area contributed by atoms with Crippen LogP contribution >= 0.6 is 0 Å². The van der Waals surface area contributed by atoms with Crippen LogP contribution in [0.5, 0.6) is 0 Å². The fraction of sp³-hybridized carbons (Fsp3) is 0. The van der Waals surface area contributed by atoms with Crippen LogP contribution < -0.4 is 8.38 Å². The molecule has 0 aliphatic heterocycles. The van der Waals surface area contributed by atoms with E-state index < -0.39 is 14.5 Å². The van der Waals surface area contributed by atoms with Crippen molar-refractivity contribution in [3.05, 3.63) is 0 Å². The van der Waals surface area contributed by atoms with Gasteiger partial charge in [-0.2, -0.15) is 0 Å². The summed E-state index contributed by atoms with van der Waals surface area (Å²) >= 11 is -3.65. The second kappa shape index (κ2) is 4.73. The van der Waals surface area contributed by atoms with Gasteiger partial charge in [-0.3, -0.25) is 0 Å². The van der Waals surface area contributed by atoms with E-state index in [4.69, 9.17) is 12.2 Å². The number of hydrogen-bond acceptors (Lipinski definition) is 3. The van der Waals surface area contributed by atoms with Gasteiger partial charge in [0.15, 0.2) is 0 Å². The third-order valence-corrected chi connectivity index (χ3v) is 0. The molecule has 35 valence electrons. The molecule has 0 heterocycles. The van der Waals surface area contributed by atoms with Gasteiger partial charge in [-0.05, 0) is 0 Å². The van der Waals surface area contributed by atoms with Crippen molar-refractivity contribution in [2.24, 2.45) is 0 Å². The molecule has 0 spiro atoms. The third kappa shape index (κ3) is 65.8. The van der Waals surface area contributed by atoms with E-state index in [0.717, 1.165) is 0 Å². The van der Waals surface area contributed by atoms with Crippen molar-refractivity contribution in [3.63, 3.8) is 0 Å². The molecule has 0 radical (unpaired) electrons. The molecule has 0 aromatic rings. The molecule has 0 aromatic carbocycles. The number of rotatable bonds is 0. The van der Waals surface area contributed by atoms with Crippen molar-refractivity contribution in [2.45, 2.75) is 0 Å². The fourth-order valence-corrected chi connectivity index (χ4v) is 0. The van der Waals surface area contributed by atoms with Crippen LogP contribution in [0, 0.1) is 0 Å². The van der Waals surface area contributed by atoms with Gasteiger partial charge < -0.3 is 0 Å². The molecule has 0 saturated heterocycles. The van der Waals surface area contributed by atoms with E-state index in [2.05, 4.69) is 0 Å². The summed E-state index contributed by atoms with van der Waals surface area (Å²) in [6, 6.07) is 0. The molecule has 0 atom stereocenters. The van der Waals surface area contributed by atoms with Crippen LogP contribution in [0.1, 0.15) is 0 Å². The van der Waals surface area contributed by atoms with Gasteiger partial charge >= 0.3 is 43.2 Å². The molecule has 0 amide bonds. The Kier molecular flexibility index (Phi) is 8.72. The summed E-state index contributed by atoms with van der Waals surface area (Å²) in [5, 5.41) is 0. The van der Waals surface area contributed by atoms with Crippen molar-refractivity contribution in [1.29, 1.82) is 0 Å². The van der Waals surface area contributed by atoms with Gasteiger partial charge in [0.05, 0.1) is 0 Å². The zero-order chi connectivity index (χ0) is 3.58. The molecule has 5 heteroatoms. The summed E-state index contributed by atoms with van der Waals surface area (Å²) in [5.41, 5.74) is 0. The van der Waals surface area contributed by atoms with E-state index in [1.165, 1.54) is 0 Å². The van der Waals surface area contributed by atoms with Crippen molar-refractivity contribution in [3.8, 4) is 0 Å². The van der Waals surface area contributed by atoms with Crippen molar-refractivity contribution in [1.82, 2.24) is 0 Å². The standard InChI is InChI=1S/Mn.Ni.3O/q;+2;;2*-1. The second-order valence-corrected chi connectivity index (χ2v) is 0.779. The Morgan fingerprint density at radius 2 is 1.40 bits per heavy atom. The van der Waals surface area contributed by atoms with Crippen LogP contribution in [0.25, 0.3) is 0 Å². The van der Waals surface area contributed by atoms with Gasteiger partial charge in [-0.25, -0.2) is 0 Å². The predicted octanol–water partition coefficient (Wildman–Crippen LogP) is -2.50. The molecular formula is MnNiO3. The molecule has 0 aromatic heterocycles. The van der Waals surface area contributed by atoms with Crippen LogP contribution in [0.3, 0.4) is 0 Å². The Morgan fingerprint density at radius 3 is 1.40 bits per heavy atom. The maximum absolute atomic E-state index is 8.52. The van der Waals surface area contributed by atoms with Crippen molar-refractivity contribution < 1.29 is 43.2 Å². The number of hydrogen-bond donors (Lipinski definition) is 0. The molecule has 0 fully saturated rings. The Hall–Kier alpha value is 0.733. The summed E-state index contributed by atoms with van der Waals surface area (Å²) in [6.07, 6.45) is 0. The molecule has 0 aliphatic carbocycles. The Labute approximate surface area is 43.7 Å². The monoisotopic (exact) mass is 161 g/mol. The summed E-state index contributed by atoms with van der Waals surface area (Å²) < 4.78 is 25.6. The van der Waals surface area contributed by atoms with Gasteiger partial charge in [0, 0.05) is 0 Å². The first kappa shape index (κ1) is 9.22. The average Bonchev–Trinajstić information content (AvgIpc) is 0.811. The molecule has 0 bridgehead atoms. The summed E-state index contributed by atoms with van der Waals surface area (Å²) in [5.74, 6) is 0. The Morgan fingerprint density at radius 1 is 1.40 bits per heavy atom. The molecule has 5 heavy (non-hydrogen) atoms. The fourth-order valence-electron chi connectivity index (χ4n) is 0. The van der Waals surface area contributed by atoms with Gasteiger partial charge in [0.2, 0.25) is 0 Å². The van der Waals surface area contributed by atoms with E-state index in [9.17, 15) is 0 Å². The van der Waals surface area contributed by atoms with E-state index in [-0.39, 0.29) is 16.5 Å². The Bertz CT molecular complexity index is 29.9. The molecular weight excluding hydrogens is 162 g/mol. The van der Waals surface area contributed by atoms with Gasteiger partial charge in [-0.15, -0.1) is 0 Å². The normalized spacial score (nSPS) is 7.00. The van der Waals surface area contributed by atoms with Crippen LogP contribution in [0.15, 0.2) is 0 Å². The zero-order valence-electron chi connectivity index (χ0n) is 1.92. The first-order chi connectivity index (χ1) is 1.73. The predicted molar refractivity (Wildman–Crippen MR) is 0.686 cm³/mol. The van der Waals surface area contributed by atoms with E-state index in [1.807, 2.05) is 0 Å². The summed E-state index contributed by atoms with van der Waals surface area (Å²) in [7, 11) is 0. The minimum absolute atomic E-state index is 0. The molecule has 0 saturated carbocycles. The SMILES string of the molecule is [Ni+2].[O]=[Mn]([O-])[O-]. The van der Waals surface area contributed by atoms with Crippen LogP contribution in [-0.4, -0.2) is 0 Å². The van der Waals surface area contributed by atoms with Gasteiger partial charge in [0.25, 0.3) is 0 Å². The maximum atomic E-state index is 8.52. The minimum atomic E-state index is -3.65. The van der Waals surface area contributed by atoms with Crippen LogP contribution in [-0.2, 0) is 34.8 Å². The van der Waals surface area contributed by atoms with Crippen molar-refractivity contribution in [2.75, 3.05) is 0 Å². The van der Waals surface area contributed by atoms with E-state index in [1.54, 1.807) is 0 Å². The van der Waals surface area contributed by atoms with Crippen molar-refractivity contribution >= 4 is 0 Å². The van der Waals surface area contributed by atoms with Gasteiger partial charge in [0.1, 0.15) is 0 Å². The first-order valence-corrected chi connectivity index (χ1v) is 1.91. The van der Waals surface area contributed by atoms with Crippen LogP contribution in [0.4, 0.5) is 0 Å². The Balaban J connectivity index is 0. The molecule has 3 nitrogen and oxygen atoms in total. The van der Waals surface area contributed by atoms with Gasteiger partial charge in [-0.1, -0.05) is 0 Å². The molecule has 0 N–H and O–H groups in total. The molecule has 0 unspecified atom stereocenters. The summed E-state index contributed by atoms with van der Waals surface area (Å²) in [6.45, 7) is 0. The second-order valence-electron chi connectivity index (χ2n) is 0.189. The average molecular weight is 162 g/mol. The van der Waals surface area contributed by atoms with E-state index >= 15 is 0 Å². The quantitative estimate of drug-likeness (QED) is 0.369. The first-order valence-electron chi connectivity index (χ1n) is 0.463. The van der Waals surface area contributed by atoms with E-state index in [0.29, 0.717) is 0 Å². The third-order valence-electron chi connectivity index (χ3n) is 0. The van der Waals surface area contributed by atoms with Crippen LogP contribution in [0.2, 0.25) is 0 Å². The molecule has 0 aliphatic rings. The topological polar surface area (TPSA) is 63.2 Å². The molecule has 0 rings (SSSR count). The zero-order valence-corrected chi connectivity index (χ0v) is 4.09. The summed E-state index contributed by atoms with van der Waals surface area (Å²) in [4.78, 5) is 0.